The van der Waals surface area contributed by atoms with Gasteiger partial charge in [0.25, 0.3) is 0 Å². The van der Waals surface area contributed by atoms with Crippen molar-refractivity contribution in [3.8, 4) is 0 Å². The fraction of sp³-hybridized carbons (Fsp3) is 0.167. The molecule has 0 saturated carbocycles. The highest BCUT2D eigenvalue weighted by Crippen LogP contribution is 2.27. The van der Waals surface area contributed by atoms with E-state index in [1.807, 2.05) is 24.3 Å². The van der Waals surface area contributed by atoms with E-state index in [4.69, 9.17) is 0 Å². The molecule has 1 aromatic heterocycles. The van der Waals surface area contributed by atoms with E-state index in [-0.39, 0.29) is 0 Å². The van der Waals surface area contributed by atoms with Crippen LogP contribution in [0.4, 0.5) is 19.0 Å². The summed E-state index contributed by atoms with van der Waals surface area (Å²) >= 11 is 3.32. The number of halogens is 4. The maximum absolute atomic E-state index is 12.3. The van der Waals surface area contributed by atoms with Gasteiger partial charge in [0.05, 0.1) is 0 Å². The van der Waals surface area contributed by atoms with E-state index < -0.39 is 11.9 Å². The van der Waals surface area contributed by atoms with Crippen LogP contribution in [0.2, 0.25) is 0 Å². The van der Waals surface area contributed by atoms with E-state index >= 15 is 0 Å². The van der Waals surface area contributed by atoms with E-state index in [2.05, 4.69) is 31.4 Å². The zero-order valence-corrected chi connectivity index (χ0v) is 11.2. The molecule has 0 atom stereocenters. The van der Waals surface area contributed by atoms with E-state index in [0.29, 0.717) is 12.4 Å². The molecule has 1 heterocycles. The van der Waals surface area contributed by atoms with Crippen LogP contribution in [0.15, 0.2) is 40.9 Å². The Labute approximate surface area is 116 Å². The van der Waals surface area contributed by atoms with Gasteiger partial charge in [-0.25, -0.2) is 0 Å². The molecule has 7 heteroatoms. The van der Waals surface area contributed by atoms with Gasteiger partial charge in [-0.05, 0) is 29.8 Å². The van der Waals surface area contributed by atoms with Gasteiger partial charge in [-0.3, -0.25) is 0 Å². The number of anilines is 1. The molecule has 100 valence electrons. The van der Waals surface area contributed by atoms with Gasteiger partial charge in [0.1, 0.15) is 5.82 Å². The van der Waals surface area contributed by atoms with Crippen LogP contribution in [0.25, 0.3) is 0 Å². The predicted molar refractivity (Wildman–Crippen MR) is 68.5 cm³/mol. The molecule has 0 aliphatic rings. The number of aromatic nitrogens is 2. The Morgan fingerprint density at radius 3 is 2.21 bits per heavy atom. The predicted octanol–water partition coefficient (Wildman–Crippen LogP) is 3.87. The Balaban J connectivity index is 1.98. The number of alkyl halides is 3. The first-order valence-corrected chi connectivity index (χ1v) is 6.14. The van der Waals surface area contributed by atoms with Crippen LogP contribution >= 0.6 is 15.9 Å². The van der Waals surface area contributed by atoms with Crippen molar-refractivity contribution in [2.24, 2.45) is 0 Å². The number of nitrogens with zero attached hydrogens (tertiary/aromatic N) is 2. The number of nitrogens with one attached hydrogen (secondary N) is 1. The Morgan fingerprint density at radius 2 is 1.68 bits per heavy atom. The SMILES string of the molecule is FC(F)(F)c1ccc(NCc2ccc(Br)cc2)nn1. The molecule has 1 aromatic carbocycles. The molecule has 0 spiro atoms. The van der Waals surface area contributed by atoms with Crippen LogP contribution in [0.1, 0.15) is 11.3 Å². The average molecular weight is 332 g/mol. The lowest BCUT2D eigenvalue weighted by Gasteiger charge is -2.07. The molecule has 1 N–H and O–H groups in total. The first-order valence-electron chi connectivity index (χ1n) is 5.34. The first kappa shape index (κ1) is 13.8. The van der Waals surface area contributed by atoms with Crippen molar-refractivity contribution in [2.75, 3.05) is 5.32 Å². The normalized spacial score (nSPS) is 11.4. The van der Waals surface area contributed by atoms with Crippen molar-refractivity contribution >= 4 is 21.7 Å². The monoisotopic (exact) mass is 331 g/mol. The van der Waals surface area contributed by atoms with Crippen molar-refractivity contribution in [1.82, 2.24) is 10.2 Å². The third-order valence-corrected chi connectivity index (χ3v) is 2.87. The van der Waals surface area contributed by atoms with Crippen LogP contribution in [0.5, 0.6) is 0 Å². The van der Waals surface area contributed by atoms with E-state index in [0.717, 1.165) is 16.1 Å². The number of hydrogen-bond donors (Lipinski definition) is 1. The van der Waals surface area contributed by atoms with Crippen LogP contribution in [0.3, 0.4) is 0 Å². The van der Waals surface area contributed by atoms with Crippen molar-refractivity contribution < 1.29 is 13.2 Å². The van der Waals surface area contributed by atoms with Crippen LogP contribution in [-0.2, 0) is 12.7 Å². The molecule has 0 amide bonds. The molecule has 0 saturated heterocycles. The molecule has 2 aromatic rings. The zero-order valence-electron chi connectivity index (χ0n) is 9.58. The molecular weight excluding hydrogens is 323 g/mol. The summed E-state index contributed by atoms with van der Waals surface area (Å²) in [6.45, 7) is 0.466. The number of hydrogen-bond acceptors (Lipinski definition) is 3. The third-order valence-electron chi connectivity index (χ3n) is 2.34. The second kappa shape index (κ2) is 5.56. The molecule has 0 aliphatic carbocycles. The lowest BCUT2D eigenvalue weighted by Crippen LogP contribution is -2.10. The first-order chi connectivity index (χ1) is 8.95. The van der Waals surface area contributed by atoms with E-state index in [1.165, 1.54) is 6.07 Å². The average Bonchev–Trinajstić information content (AvgIpc) is 2.37. The summed E-state index contributed by atoms with van der Waals surface area (Å²) in [6.07, 6.45) is -4.46. The van der Waals surface area contributed by atoms with Crippen molar-refractivity contribution in [3.63, 3.8) is 0 Å². The molecule has 19 heavy (non-hydrogen) atoms. The van der Waals surface area contributed by atoms with Gasteiger partial charge in [0, 0.05) is 11.0 Å². The molecule has 0 radical (unpaired) electrons. The minimum Gasteiger partial charge on any atom is -0.365 e. The van der Waals surface area contributed by atoms with Gasteiger partial charge in [0.2, 0.25) is 0 Å². The van der Waals surface area contributed by atoms with E-state index in [9.17, 15) is 13.2 Å². The molecule has 0 fully saturated rings. The molecular formula is C12H9BrF3N3. The van der Waals surface area contributed by atoms with Crippen molar-refractivity contribution in [3.05, 3.63) is 52.1 Å². The summed E-state index contributed by atoms with van der Waals surface area (Å²) in [5.74, 6) is 0.302. The minimum absolute atomic E-state index is 0.302. The molecule has 2 rings (SSSR count). The summed E-state index contributed by atoms with van der Waals surface area (Å²) in [5, 5.41) is 9.52. The zero-order chi connectivity index (χ0) is 13.9. The summed E-state index contributed by atoms with van der Waals surface area (Å²) in [7, 11) is 0. The third kappa shape index (κ3) is 3.92. The minimum atomic E-state index is -4.46. The lowest BCUT2D eigenvalue weighted by atomic mass is 10.2. The number of benzene rings is 1. The maximum atomic E-state index is 12.3. The second-order valence-electron chi connectivity index (χ2n) is 3.78. The molecule has 0 aliphatic heterocycles. The van der Waals surface area contributed by atoms with Gasteiger partial charge in [-0.1, -0.05) is 28.1 Å². The summed E-state index contributed by atoms with van der Waals surface area (Å²) in [6, 6.07) is 9.72. The van der Waals surface area contributed by atoms with Crippen molar-refractivity contribution in [1.29, 1.82) is 0 Å². The maximum Gasteiger partial charge on any atom is 0.435 e. The van der Waals surface area contributed by atoms with Crippen molar-refractivity contribution in [2.45, 2.75) is 12.7 Å². The van der Waals surface area contributed by atoms with Crippen LogP contribution in [-0.4, -0.2) is 10.2 Å². The molecule has 3 nitrogen and oxygen atoms in total. The standard InChI is InChI=1S/C12H9BrF3N3/c13-9-3-1-8(2-4-9)7-17-11-6-5-10(18-19-11)12(14,15)16/h1-6H,7H2,(H,17,19). The Hall–Kier alpha value is -1.63. The van der Waals surface area contributed by atoms with Gasteiger partial charge in [0.15, 0.2) is 5.69 Å². The quantitative estimate of drug-likeness (QED) is 0.927. The summed E-state index contributed by atoms with van der Waals surface area (Å²) in [5.41, 5.74) is -0.00779. The van der Waals surface area contributed by atoms with Gasteiger partial charge < -0.3 is 5.32 Å². The smallest absolute Gasteiger partial charge is 0.365 e. The Morgan fingerprint density at radius 1 is 1.00 bits per heavy atom. The fourth-order valence-corrected chi connectivity index (χ4v) is 1.64. The van der Waals surface area contributed by atoms with E-state index in [1.54, 1.807) is 0 Å². The van der Waals surface area contributed by atoms with Crippen LogP contribution < -0.4 is 5.32 Å². The fourth-order valence-electron chi connectivity index (χ4n) is 1.37. The largest absolute Gasteiger partial charge is 0.435 e. The van der Waals surface area contributed by atoms with Gasteiger partial charge >= 0.3 is 6.18 Å². The van der Waals surface area contributed by atoms with Crippen LogP contribution in [0, 0.1) is 0 Å². The summed E-state index contributed by atoms with van der Waals surface area (Å²) in [4.78, 5) is 0. The molecule has 0 unspecified atom stereocenters. The highest BCUT2D eigenvalue weighted by atomic mass is 79.9. The van der Waals surface area contributed by atoms with Gasteiger partial charge in [-0.15, -0.1) is 10.2 Å². The number of rotatable bonds is 3. The summed E-state index contributed by atoms with van der Waals surface area (Å²) < 4.78 is 37.8. The second-order valence-corrected chi connectivity index (χ2v) is 4.70. The lowest BCUT2D eigenvalue weighted by molar-refractivity contribution is -0.141. The highest BCUT2D eigenvalue weighted by molar-refractivity contribution is 9.10. The highest BCUT2D eigenvalue weighted by Gasteiger charge is 2.32. The van der Waals surface area contributed by atoms with Gasteiger partial charge in [-0.2, -0.15) is 13.2 Å². The molecule has 0 bridgehead atoms. The Kier molecular flexibility index (Phi) is 4.04. The topological polar surface area (TPSA) is 37.8 Å². The Bertz CT molecular complexity index is 538.